The number of pyridine rings is 1. The molecule has 5 heteroatoms. The van der Waals surface area contributed by atoms with E-state index in [-0.39, 0.29) is 6.61 Å². The molecule has 0 amide bonds. The average Bonchev–Trinajstić information content (AvgIpc) is 2.57. The Balaban J connectivity index is 2.42. The highest BCUT2D eigenvalue weighted by molar-refractivity contribution is 9.10. The predicted molar refractivity (Wildman–Crippen MR) is 53.7 cm³/mol. The standard InChI is InChI=1S/C9H7BrN2O2/c10-7-1-2-12-8(5-14-6-13)4-11-9(12)3-7/h1-4,6H,5H2. The fraction of sp³-hybridized carbons (Fsp3) is 0.111. The summed E-state index contributed by atoms with van der Waals surface area (Å²) in [7, 11) is 0. The number of carbonyl (C=O) groups excluding carboxylic acids is 1. The van der Waals surface area contributed by atoms with Crippen LogP contribution in [0.15, 0.2) is 29.0 Å². The highest BCUT2D eigenvalue weighted by Gasteiger charge is 2.02. The van der Waals surface area contributed by atoms with E-state index in [4.69, 9.17) is 0 Å². The summed E-state index contributed by atoms with van der Waals surface area (Å²) in [4.78, 5) is 14.2. The van der Waals surface area contributed by atoms with Gasteiger partial charge >= 0.3 is 0 Å². The number of imidazole rings is 1. The first-order valence-corrected chi connectivity index (χ1v) is 4.77. The zero-order valence-corrected chi connectivity index (χ0v) is 8.77. The Morgan fingerprint density at radius 2 is 2.50 bits per heavy atom. The molecule has 0 saturated carbocycles. The summed E-state index contributed by atoms with van der Waals surface area (Å²) in [6.07, 6.45) is 3.56. The second-order valence-corrected chi connectivity index (χ2v) is 3.65. The number of halogens is 1. The van der Waals surface area contributed by atoms with Crippen LogP contribution < -0.4 is 0 Å². The van der Waals surface area contributed by atoms with Gasteiger partial charge in [0.2, 0.25) is 0 Å². The lowest BCUT2D eigenvalue weighted by molar-refractivity contribution is -0.129. The molecule has 0 N–H and O–H groups in total. The Kier molecular flexibility index (Phi) is 2.49. The maximum Gasteiger partial charge on any atom is 0.293 e. The first-order valence-electron chi connectivity index (χ1n) is 3.98. The lowest BCUT2D eigenvalue weighted by Gasteiger charge is -1.99. The van der Waals surface area contributed by atoms with E-state index in [1.54, 1.807) is 6.20 Å². The van der Waals surface area contributed by atoms with E-state index in [9.17, 15) is 4.79 Å². The first kappa shape index (κ1) is 9.21. The van der Waals surface area contributed by atoms with Gasteiger partial charge in [0.05, 0.1) is 11.9 Å². The van der Waals surface area contributed by atoms with Crippen molar-refractivity contribution in [2.24, 2.45) is 0 Å². The molecule has 14 heavy (non-hydrogen) atoms. The summed E-state index contributed by atoms with van der Waals surface area (Å²) in [5.41, 5.74) is 1.67. The number of nitrogens with zero attached hydrogens (tertiary/aromatic N) is 2. The highest BCUT2D eigenvalue weighted by atomic mass is 79.9. The molecular weight excluding hydrogens is 248 g/mol. The zero-order valence-electron chi connectivity index (χ0n) is 7.18. The van der Waals surface area contributed by atoms with Crippen molar-refractivity contribution in [1.29, 1.82) is 0 Å². The third kappa shape index (κ3) is 1.63. The van der Waals surface area contributed by atoms with Gasteiger partial charge in [-0.15, -0.1) is 0 Å². The van der Waals surface area contributed by atoms with Crippen molar-refractivity contribution in [2.45, 2.75) is 6.61 Å². The van der Waals surface area contributed by atoms with Crippen LogP contribution in [0.2, 0.25) is 0 Å². The van der Waals surface area contributed by atoms with Crippen LogP contribution in [0.3, 0.4) is 0 Å². The molecule has 0 atom stereocenters. The fourth-order valence-corrected chi connectivity index (χ4v) is 1.56. The van der Waals surface area contributed by atoms with Crippen LogP contribution in [0.25, 0.3) is 5.65 Å². The number of fused-ring (bicyclic) bond motifs is 1. The van der Waals surface area contributed by atoms with E-state index in [2.05, 4.69) is 25.7 Å². The van der Waals surface area contributed by atoms with E-state index >= 15 is 0 Å². The number of carbonyl (C=O) groups is 1. The molecule has 0 bridgehead atoms. The van der Waals surface area contributed by atoms with Gasteiger partial charge < -0.3 is 9.14 Å². The zero-order chi connectivity index (χ0) is 9.97. The second kappa shape index (κ2) is 3.79. The molecular formula is C9H7BrN2O2. The molecule has 0 aliphatic heterocycles. The smallest absolute Gasteiger partial charge is 0.293 e. The van der Waals surface area contributed by atoms with Crippen LogP contribution >= 0.6 is 15.9 Å². The van der Waals surface area contributed by atoms with Crippen molar-refractivity contribution in [2.75, 3.05) is 0 Å². The van der Waals surface area contributed by atoms with Gasteiger partial charge in [0.25, 0.3) is 6.47 Å². The topological polar surface area (TPSA) is 43.6 Å². The molecule has 2 aromatic rings. The van der Waals surface area contributed by atoms with E-state index in [0.29, 0.717) is 6.47 Å². The van der Waals surface area contributed by atoms with Gasteiger partial charge in [-0.1, -0.05) is 15.9 Å². The molecule has 0 spiro atoms. The van der Waals surface area contributed by atoms with Crippen molar-refractivity contribution in [3.63, 3.8) is 0 Å². The third-order valence-corrected chi connectivity index (χ3v) is 2.34. The van der Waals surface area contributed by atoms with Crippen molar-refractivity contribution >= 4 is 28.0 Å². The number of ether oxygens (including phenoxy) is 1. The Bertz CT molecular complexity index is 467. The minimum absolute atomic E-state index is 0.242. The summed E-state index contributed by atoms with van der Waals surface area (Å²) >= 11 is 3.35. The highest BCUT2D eigenvalue weighted by Crippen LogP contribution is 2.14. The van der Waals surface area contributed by atoms with Crippen LogP contribution in [0.1, 0.15) is 5.69 Å². The summed E-state index contributed by atoms with van der Waals surface area (Å²) in [6, 6.07) is 3.80. The normalized spacial score (nSPS) is 10.4. The number of hydrogen-bond acceptors (Lipinski definition) is 3. The summed E-state index contributed by atoms with van der Waals surface area (Å²) in [6.45, 7) is 0.671. The minimum atomic E-state index is 0.242. The fourth-order valence-electron chi connectivity index (χ4n) is 1.23. The molecule has 0 fully saturated rings. The molecule has 0 saturated heterocycles. The Morgan fingerprint density at radius 1 is 1.64 bits per heavy atom. The quantitative estimate of drug-likeness (QED) is 0.785. The van der Waals surface area contributed by atoms with E-state index in [1.165, 1.54) is 0 Å². The monoisotopic (exact) mass is 254 g/mol. The Morgan fingerprint density at radius 3 is 3.29 bits per heavy atom. The van der Waals surface area contributed by atoms with Crippen molar-refractivity contribution in [1.82, 2.24) is 9.38 Å². The van der Waals surface area contributed by atoms with Crippen LogP contribution in [0.5, 0.6) is 0 Å². The maximum absolute atomic E-state index is 10.0. The number of hydrogen-bond donors (Lipinski definition) is 0. The molecule has 2 rings (SSSR count). The largest absolute Gasteiger partial charge is 0.461 e. The molecule has 0 aliphatic rings. The lowest BCUT2D eigenvalue weighted by atomic mass is 10.4. The minimum Gasteiger partial charge on any atom is -0.461 e. The van der Waals surface area contributed by atoms with Crippen LogP contribution in [-0.4, -0.2) is 15.9 Å². The lowest BCUT2D eigenvalue weighted by Crippen LogP contribution is -1.95. The SMILES string of the molecule is O=COCc1cnc2cc(Br)ccn12. The van der Waals surface area contributed by atoms with Crippen molar-refractivity contribution in [3.05, 3.63) is 34.7 Å². The summed E-state index contributed by atoms with van der Waals surface area (Å²) in [5.74, 6) is 0. The van der Waals surface area contributed by atoms with E-state index in [0.717, 1.165) is 15.8 Å². The van der Waals surface area contributed by atoms with Crippen molar-refractivity contribution in [3.8, 4) is 0 Å². The van der Waals surface area contributed by atoms with Gasteiger partial charge in [-0.05, 0) is 12.1 Å². The molecule has 2 aromatic heterocycles. The summed E-state index contributed by atoms with van der Waals surface area (Å²) < 4.78 is 7.50. The van der Waals surface area contributed by atoms with E-state index in [1.807, 2.05) is 22.7 Å². The number of aromatic nitrogens is 2. The van der Waals surface area contributed by atoms with Crippen LogP contribution in [0, 0.1) is 0 Å². The molecule has 72 valence electrons. The van der Waals surface area contributed by atoms with E-state index < -0.39 is 0 Å². The Hall–Kier alpha value is -1.36. The molecule has 0 aliphatic carbocycles. The Labute approximate surface area is 88.6 Å². The first-order chi connectivity index (χ1) is 6.81. The summed E-state index contributed by atoms with van der Waals surface area (Å²) in [5, 5.41) is 0. The third-order valence-electron chi connectivity index (χ3n) is 1.85. The average molecular weight is 255 g/mol. The van der Waals surface area contributed by atoms with Gasteiger partial charge in [0.1, 0.15) is 12.3 Å². The molecule has 0 radical (unpaired) electrons. The predicted octanol–water partition coefficient (Wildman–Crippen LogP) is 1.77. The van der Waals surface area contributed by atoms with Gasteiger partial charge in [0.15, 0.2) is 0 Å². The van der Waals surface area contributed by atoms with Gasteiger partial charge in [-0.2, -0.15) is 0 Å². The second-order valence-electron chi connectivity index (χ2n) is 2.73. The van der Waals surface area contributed by atoms with Gasteiger partial charge in [-0.25, -0.2) is 4.98 Å². The molecule has 0 aromatic carbocycles. The molecule has 2 heterocycles. The van der Waals surface area contributed by atoms with Gasteiger partial charge in [0, 0.05) is 10.7 Å². The molecule has 4 nitrogen and oxygen atoms in total. The van der Waals surface area contributed by atoms with Crippen molar-refractivity contribution < 1.29 is 9.53 Å². The van der Waals surface area contributed by atoms with Crippen LogP contribution in [-0.2, 0) is 16.1 Å². The number of rotatable bonds is 3. The maximum atomic E-state index is 10.0. The molecule has 0 unspecified atom stereocenters. The van der Waals surface area contributed by atoms with Crippen LogP contribution in [0.4, 0.5) is 0 Å². The van der Waals surface area contributed by atoms with Gasteiger partial charge in [-0.3, -0.25) is 4.79 Å².